The van der Waals surface area contributed by atoms with Crippen LogP contribution >= 0.6 is 15.9 Å². The van der Waals surface area contributed by atoms with Gasteiger partial charge in [0.1, 0.15) is 0 Å². The van der Waals surface area contributed by atoms with Crippen molar-refractivity contribution in [3.8, 4) is 16.9 Å². The molecule has 162 valence electrons. The second kappa shape index (κ2) is 9.92. The van der Waals surface area contributed by atoms with Crippen molar-refractivity contribution in [3.05, 3.63) is 70.3 Å². The van der Waals surface area contributed by atoms with Crippen molar-refractivity contribution in [1.82, 2.24) is 14.7 Å². The molecule has 3 rings (SSSR count). The second-order valence-electron chi connectivity index (χ2n) is 7.68. The van der Waals surface area contributed by atoms with Gasteiger partial charge in [-0.3, -0.25) is 4.79 Å². The lowest BCUT2D eigenvalue weighted by Crippen LogP contribution is -2.30. The van der Waals surface area contributed by atoms with Crippen molar-refractivity contribution in [2.75, 3.05) is 20.2 Å². The number of hydrogen-bond acceptors (Lipinski definition) is 4. The fourth-order valence-electron chi connectivity index (χ4n) is 3.31. The molecular formula is C24H26BrN3O3. The Morgan fingerprint density at radius 3 is 2.32 bits per heavy atom. The lowest BCUT2D eigenvalue weighted by atomic mass is 10.1. The lowest BCUT2D eigenvalue weighted by molar-refractivity contribution is 0.0518. The first-order chi connectivity index (χ1) is 14.8. The maximum absolute atomic E-state index is 12.7. The first kappa shape index (κ1) is 22.7. The van der Waals surface area contributed by atoms with Gasteiger partial charge in [-0.1, -0.05) is 41.9 Å². The maximum atomic E-state index is 12.7. The maximum Gasteiger partial charge on any atom is 0.358 e. The molecule has 0 fully saturated rings. The number of nitrogens with zero attached hydrogens (tertiary/aromatic N) is 3. The highest BCUT2D eigenvalue weighted by molar-refractivity contribution is 9.10. The van der Waals surface area contributed by atoms with Gasteiger partial charge in [0.25, 0.3) is 5.91 Å². The molecule has 0 N–H and O–H groups in total. The quantitative estimate of drug-likeness (QED) is 0.432. The number of carbonyl (C=O) groups excluding carboxylic acids is 2. The van der Waals surface area contributed by atoms with Crippen LogP contribution in [0.4, 0.5) is 0 Å². The molecule has 0 saturated carbocycles. The third-order valence-corrected chi connectivity index (χ3v) is 5.21. The number of ether oxygens (including phenoxy) is 1. The Kier molecular flexibility index (Phi) is 7.28. The predicted octanol–water partition coefficient (Wildman–Crippen LogP) is 5.21. The minimum atomic E-state index is -0.471. The Balaban J connectivity index is 1.98. The molecule has 3 aromatic rings. The van der Waals surface area contributed by atoms with E-state index in [0.717, 1.165) is 21.4 Å². The van der Waals surface area contributed by atoms with Crippen molar-refractivity contribution < 1.29 is 14.3 Å². The van der Waals surface area contributed by atoms with Crippen molar-refractivity contribution in [2.24, 2.45) is 5.92 Å². The zero-order valence-electron chi connectivity index (χ0n) is 18.1. The average molecular weight is 484 g/mol. The number of hydrogen-bond donors (Lipinski definition) is 0. The molecule has 1 heterocycles. The molecular weight excluding hydrogens is 458 g/mol. The summed E-state index contributed by atoms with van der Waals surface area (Å²) in [7, 11) is 1.81. The smallest absolute Gasteiger partial charge is 0.358 e. The van der Waals surface area contributed by atoms with E-state index in [1.165, 1.54) is 0 Å². The van der Waals surface area contributed by atoms with Gasteiger partial charge in [-0.15, -0.1) is 0 Å². The van der Waals surface area contributed by atoms with E-state index < -0.39 is 5.97 Å². The molecule has 6 nitrogen and oxygen atoms in total. The molecule has 31 heavy (non-hydrogen) atoms. The molecule has 0 saturated heterocycles. The predicted molar refractivity (Wildman–Crippen MR) is 124 cm³/mol. The van der Waals surface area contributed by atoms with Gasteiger partial charge in [-0.05, 0) is 55.3 Å². The molecule has 0 aliphatic heterocycles. The van der Waals surface area contributed by atoms with E-state index in [1.54, 1.807) is 41.8 Å². The van der Waals surface area contributed by atoms with E-state index in [-0.39, 0.29) is 18.2 Å². The van der Waals surface area contributed by atoms with Gasteiger partial charge in [-0.2, -0.15) is 5.10 Å². The minimum absolute atomic E-state index is 0.0268. The van der Waals surface area contributed by atoms with Gasteiger partial charge in [0, 0.05) is 29.2 Å². The Hall–Kier alpha value is -2.93. The van der Waals surface area contributed by atoms with Gasteiger partial charge in [0.2, 0.25) is 0 Å². The lowest BCUT2D eigenvalue weighted by Gasteiger charge is -2.19. The largest absolute Gasteiger partial charge is 0.461 e. The SMILES string of the molecule is CCOC(=O)c1cc(-c2ccc(Br)cc2)n(-c2ccc(C(=O)N(C)CC(C)C)cc2)n1. The molecule has 0 bridgehead atoms. The van der Waals surface area contributed by atoms with Crippen molar-refractivity contribution in [2.45, 2.75) is 20.8 Å². The first-order valence-electron chi connectivity index (χ1n) is 10.2. The number of rotatable bonds is 7. The van der Waals surface area contributed by atoms with Gasteiger partial charge in [0.15, 0.2) is 5.69 Å². The van der Waals surface area contributed by atoms with E-state index in [0.29, 0.717) is 18.0 Å². The average Bonchev–Trinajstić information content (AvgIpc) is 3.19. The van der Waals surface area contributed by atoms with E-state index in [4.69, 9.17) is 4.74 Å². The van der Waals surface area contributed by atoms with E-state index in [9.17, 15) is 9.59 Å². The number of carbonyl (C=O) groups is 2. The summed E-state index contributed by atoms with van der Waals surface area (Å²) in [6, 6.07) is 16.7. The Morgan fingerprint density at radius 1 is 1.10 bits per heavy atom. The van der Waals surface area contributed by atoms with Crippen LogP contribution in [0.3, 0.4) is 0 Å². The zero-order chi connectivity index (χ0) is 22.5. The molecule has 0 atom stereocenters. The van der Waals surface area contributed by atoms with Crippen LogP contribution in [0, 0.1) is 5.92 Å². The van der Waals surface area contributed by atoms with Crippen LogP contribution in [0.2, 0.25) is 0 Å². The molecule has 0 spiro atoms. The number of halogens is 1. The summed E-state index contributed by atoms with van der Waals surface area (Å²) >= 11 is 3.45. The topological polar surface area (TPSA) is 64.4 Å². The van der Waals surface area contributed by atoms with E-state index in [1.807, 2.05) is 36.4 Å². The first-order valence-corrected chi connectivity index (χ1v) is 11.0. The number of aromatic nitrogens is 2. The highest BCUT2D eigenvalue weighted by Crippen LogP contribution is 2.26. The monoisotopic (exact) mass is 483 g/mol. The summed E-state index contributed by atoms with van der Waals surface area (Å²) in [6.07, 6.45) is 0. The van der Waals surface area contributed by atoms with Crippen LogP contribution in [0.1, 0.15) is 41.6 Å². The van der Waals surface area contributed by atoms with Crippen LogP contribution in [-0.2, 0) is 4.74 Å². The number of esters is 1. The summed E-state index contributed by atoms with van der Waals surface area (Å²) in [6.45, 7) is 6.89. The summed E-state index contributed by atoms with van der Waals surface area (Å²) in [5.74, 6) is -0.102. The van der Waals surface area contributed by atoms with Gasteiger partial charge in [-0.25, -0.2) is 9.48 Å². The van der Waals surface area contributed by atoms with Crippen molar-refractivity contribution >= 4 is 27.8 Å². The highest BCUT2D eigenvalue weighted by atomic mass is 79.9. The van der Waals surface area contributed by atoms with Crippen LogP contribution in [0.15, 0.2) is 59.1 Å². The fraction of sp³-hybridized carbons (Fsp3) is 0.292. The Labute approximate surface area is 191 Å². The second-order valence-corrected chi connectivity index (χ2v) is 8.60. The van der Waals surface area contributed by atoms with Crippen LogP contribution in [-0.4, -0.2) is 46.8 Å². The summed E-state index contributed by atoms with van der Waals surface area (Å²) in [4.78, 5) is 26.7. The normalized spacial score (nSPS) is 10.9. The van der Waals surface area contributed by atoms with Crippen molar-refractivity contribution in [1.29, 1.82) is 0 Å². The van der Waals surface area contributed by atoms with Crippen LogP contribution in [0.25, 0.3) is 16.9 Å². The Bertz CT molecular complexity index is 1060. The van der Waals surface area contributed by atoms with Gasteiger partial charge in [0.05, 0.1) is 18.0 Å². The number of benzene rings is 2. The summed E-state index contributed by atoms with van der Waals surface area (Å²) in [5, 5.41) is 4.48. The highest BCUT2D eigenvalue weighted by Gasteiger charge is 2.18. The van der Waals surface area contributed by atoms with E-state index in [2.05, 4.69) is 34.9 Å². The zero-order valence-corrected chi connectivity index (χ0v) is 19.7. The molecule has 0 aliphatic carbocycles. The van der Waals surface area contributed by atoms with Crippen LogP contribution < -0.4 is 0 Å². The molecule has 0 unspecified atom stereocenters. The summed E-state index contributed by atoms with van der Waals surface area (Å²) in [5.41, 5.74) is 3.25. The van der Waals surface area contributed by atoms with Gasteiger partial charge >= 0.3 is 5.97 Å². The van der Waals surface area contributed by atoms with E-state index >= 15 is 0 Å². The molecule has 0 radical (unpaired) electrons. The Morgan fingerprint density at radius 2 is 1.74 bits per heavy atom. The summed E-state index contributed by atoms with van der Waals surface area (Å²) < 4.78 is 7.78. The van der Waals surface area contributed by atoms with Gasteiger partial charge < -0.3 is 9.64 Å². The number of amides is 1. The molecule has 1 amide bonds. The molecule has 1 aromatic heterocycles. The third-order valence-electron chi connectivity index (χ3n) is 4.68. The molecule has 2 aromatic carbocycles. The standard InChI is InChI=1S/C24H26BrN3O3/c1-5-31-24(30)21-14-22(17-6-10-19(25)11-7-17)28(26-21)20-12-8-18(9-13-20)23(29)27(4)15-16(2)3/h6-14,16H,5,15H2,1-4H3. The third kappa shape index (κ3) is 5.41. The minimum Gasteiger partial charge on any atom is -0.461 e. The fourth-order valence-corrected chi connectivity index (χ4v) is 3.57. The van der Waals surface area contributed by atoms with Crippen molar-refractivity contribution in [3.63, 3.8) is 0 Å². The molecule has 7 heteroatoms. The molecule has 0 aliphatic rings. The van der Waals surface area contributed by atoms with Crippen LogP contribution in [0.5, 0.6) is 0 Å².